The first-order valence-electron chi connectivity index (χ1n) is 5.07. The molecule has 1 aromatic heterocycles. The van der Waals surface area contributed by atoms with Gasteiger partial charge in [0.1, 0.15) is 5.82 Å². The van der Waals surface area contributed by atoms with Gasteiger partial charge in [0.05, 0.1) is 17.9 Å². The maximum atomic E-state index is 13.4. The lowest BCUT2D eigenvalue weighted by atomic mass is 10.2. The molecule has 0 aliphatic carbocycles. The summed E-state index contributed by atoms with van der Waals surface area (Å²) in [6, 6.07) is 6.89. The second-order valence-electron chi connectivity index (χ2n) is 3.77. The van der Waals surface area contributed by atoms with Crippen molar-refractivity contribution >= 4 is 5.69 Å². The molecule has 3 nitrogen and oxygen atoms in total. The molecule has 0 aliphatic rings. The molecule has 4 heteroatoms. The number of hydrogen-bond donors (Lipinski definition) is 1. The van der Waals surface area contributed by atoms with Crippen molar-refractivity contribution in [1.82, 2.24) is 5.16 Å². The third kappa shape index (κ3) is 2.39. The molecular formula is C12H13FN2O. The number of hydrogen-bond acceptors (Lipinski definition) is 3. The van der Waals surface area contributed by atoms with Gasteiger partial charge in [-0.15, -0.1) is 0 Å². The van der Waals surface area contributed by atoms with E-state index in [0.717, 1.165) is 11.3 Å². The predicted molar refractivity (Wildman–Crippen MR) is 59.7 cm³/mol. The largest absolute Gasteiger partial charge is 0.375 e. The van der Waals surface area contributed by atoms with Crippen LogP contribution < -0.4 is 5.32 Å². The first-order chi connectivity index (χ1) is 7.65. The number of nitrogens with one attached hydrogen (secondary N) is 1. The van der Waals surface area contributed by atoms with Crippen LogP contribution >= 0.6 is 0 Å². The molecule has 1 aromatic carbocycles. The van der Waals surface area contributed by atoms with Crippen molar-refractivity contribution in [3.05, 3.63) is 47.1 Å². The number of anilines is 1. The highest BCUT2D eigenvalue weighted by Gasteiger charge is 2.04. The van der Waals surface area contributed by atoms with Crippen LogP contribution in [0.25, 0.3) is 0 Å². The summed E-state index contributed by atoms with van der Waals surface area (Å²) in [5.74, 6) is 0.439. The van der Waals surface area contributed by atoms with Gasteiger partial charge >= 0.3 is 0 Å². The fourth-order valence-corrected chi connectivity index (χ4v) is 1.45. The van der Waals surface area contributed by atoms with E-state index < -0.39 is 0 Å². The number of nitrogens with zero attached hydrogens (tertiary/aromatic N) is 1. The Morgan fingerprint density at radius 3 is 2.75 bits per heavy atom. The molecular weight excluding hydrogens is 207 g/mol. The van der Waals surface area contributed by atoms with Crippen LogP contribution in [0.15, 0.2) is 28.8 Å². The predicted octanol–water partition coefficient (Wildman–Crippen LogP) is 3.04. The number of aromatic nitrogens is 1. The van der Waals surface area contributed by atoms with E-state index >= 15 is 0 Å². The monoisotopic (exact) mass is 220 g/mol. The Kier molecular flexibility index (Phi) is 2.90. The molecule has 0 radical (unpaired) electrons. The van der Waals surface area contributed by atoms with E-state index in [4.69, 9.17) is 4.52 Å². The summed E-state index contributed by atoms with van der Waals surface area (Å²) in [6.07, 6.45) is 0. The summed E-state index contributed by atoms with van der Waals surface area (Å²) in [7, 11) is 0. The Bertz CT molecular complexity index is 494. The molecule has 0 amide bonds. The second-order valence-corrected chi connectivity index (χ2v) is 3.77. The minimum absolute atomic E-state index is 0.253. The molecule has 0 saturated heterocycles. The van der Waals surface area contributed by atoms with Gasteiger partial charge in [0.2, 0.25) is 0 Å². The summed E-state index contributed by atoms with van der Waals surface area (Å²) in [5.41, 5.74) is 2.19. The Hall–Kier alpha value is -1.84. The molecule has 2 rings (SSSR count). The van der Waals surface area contributed by atoms with Crippen LogP contribution in [0, 0.1) is 19.7 Å². The zero-order chi connectivity index (χ0) is 11.5. The highest BCUT2D eigenvalue weighted by atomic mass is 19.1. The lowest BCUT2D eigenvalue weighted by Crippen LogP contribution is -2.00. The highest BCUT2D eigenvalue weighted by molar-refractivity contribution is 5.46. The molecule has 84 valence electrons. The minimum atomic E-state index is -0.253. The van der Waals surface area contributed by atoms with Crippen molar-refractivity contribution in [2.75, 3.05) is 5.32 Å². The van der Waals surface area contributed by atoms with Crippen LogP contribution in [-0.2, 0) is 6.54 Å². The van der Waals surface area contributed by atoms with Crippen molar-refractivity contribution < 1.29 is 8.91 Å². The summed E-state index contributed by atoms with van der Waals surface area (Å²) >= 11 is 0. The number of benzene rings is 1. The van der Waals surface area contributed by atoms with Crippen molar-refractivity contribution in [2.45, 2.75) is 20.4 Å². The van der Waals surface area contributed by atoms with E-state index in [1.807, 2.05) is 26.0 Å². The summed E-state index contributed by atoms with van der Waals surface area (Å²) in [6.45, 7) is 4.13. The molecule has 16 heavy (non-hydrogen) atoms. The Balaban J connectivity index is 2.04. The fraction of sp³-hybridized carbons (Fsp3) is 0.250. The molecule has 1 heterocycles. The van der Waals surface area contributed by atoms with Gasteiger partial charge in [-0.1, -0.05) is 11.2 Å². The third-order valence-corrected chi connectivity index (χ3v) is 2.25. The smallest absolute Gasteiger partial charge is 0.156 e. The molecule has 1 N–H and O–H groups in total. The van der Waals surface area contributed by atoms with Crippen LogP contribution in [-0.4, -0.2) is 5.16 Å². The van der Waals surface area contributed by atoms with Crippen LogP contribution in [0.5, 0.6) is 0 Å². The molecule has 0 spiro atoms. The van der Waals surface area contributed by atoms with E-state index in [0.29, 0.717) is 18.0 Å². The van der Waals surface area contributed by atoms with Gasteiger partial charge < -0.3 is 9.84 Å². The zero-order valence-corrected chi connectivity index (χ0v) is 9.25. The normalized spacial score (nSPS) is 10.4. The summed E-state index contributed by atoms with van der Waals surface area (Å²) in [5, 5.41) is 6.72. The van der Waals surface area contributed by atoms with E-state index in [1.54, 1.807) is 6.07 Å². The van der Waals surface area contributed by atoms with E-state index in [2.05, 4.69) is 10.5 Å². The Morgan fingerprint density at radius 1 is 1.31 bits per heavy atom. The average Bonchev–Trinajstić information content (AvgIpc) is 2.63. The van der Waals surface area contributed by atoms with Gasteiger partial charge in [0.25, 0.3) is 0 Å². The number of aryl methyl sites for hydroxylation is 2. The molecule has 0 unspecified atom stereocenters. The van der Waals surface area contributed by atoms with Gasteiger partial charge in [-0.05, 0) is 31.5 Å². The standard InChI is InChI=1S/C12H13FN2O/c1-8-3-4-12(11(13)5-8)14-7-10-6-9(2)15-16-10/h3-6,14H,7H2,1-2H3. The van der Waals surface area contributed by atoms with Gasteiger partial charge in [0.15, 0.2) is 5.76 Å². The van der Waals surface area contributed by atoms with Gasteiger partial charge in [-0.3, -0.25) is 0 Å². The average molecular weight is 220 g/mol. The molecule has 0 saturated carbocycles. The van der Waals surface area contributed by atoms with Gasteiger partial charge in [-0.2, -0.15) is 0 Å². The second kappa shape index (κ2) is 4.35. The highest BCUT2D eigenvalue weighted by Crippen LogP contribution is 2.16. The molecule has 2 aromatic rings. The van der Waals surface area contributed by atoms with Gasteiger partial charge in [-0.25, -0.2) is 4.39 Å². The van der Waals surface area contributed by atoms with E-state index in [-0.39, 0.29) is 5.82 Å². The maximum Gasteiger partial charge on any atom is 0.156 e. The molecule has 0 aliphatic heterocycles. The fourth-order valence-electron chi connectivity index (χ4n) is 1.45. The van der Waals surface area contributed by atoms with Crippen LogP contribution in [0.1, 0.15) is 17.0 Å². The molecule has 0 fully saturated rings. The van der Waals surface area contributed by atoms with Crippen molar-refractivity contribution in [3.8, 4) is 0 Å². The topological polar surface area (TPSA) is 38.1 Å². The van der Waals surface area contributed by atoms with E-state index in [9.17, 15) is 4.39 Å². The Labute approximate surface area is 93.3 Å². The summed E-state index contributed by atoms with van der Waals surface area (Å²) < 4.78 is 18.5. The number of halogens is 1. The zero-order valence-electron chi connectivity index (χ0n) is 9.25. The van der Waals surface area contributed by atoms with Crippen molar-refractivity contribution in [2.24, 2.45) is 0 Å². The lowest BCUT2D eigenvalue weighted by Gasteiger charge is -2.05. The third-order valence-electron chi connectivity index (χ3n) is 2.25. The van der Waals surface area contributed by atoms with Gasteiger partial charge in [0, 0.05) is 6.07 Å². The molecule has 0 bridgehead atoms. The minimum Gasteiger partial charge on any atom is -0.375 e. The van der Waals surface area contributed by atoms with Crippen LogP contribution in [0.2, 0.25) is 0 Å². The SMILES string of the molecule is Cc1ccc(NCc2cc(C)no2)c(F)c1. The van der Waals surface area contributed by atoms with Crippen LogP contribution in [0.3, 0.4) is 0 Å². The molecule has 0 atom stereocenters. The first kappa shape index (κ1) is 10.7. The Morgan fingerprint density at radius 2 is 2.12 bits per heavy atom. The maximum absolute atomic E-state index is 13.4. The van der Waals surface area contributed by atoms with Crippen molar-refractivity contribution in [1.29, 1.82) is 0 Å². The van der Waals surface area contributed by atoms with Crippen LogP contribution in [0.4, 0.5) is 10.1 Å². The number of rotatable bonds is 3. The quantitative estimate of drug-likeness (QED) is 0.863. The lowest BCUT2D eigenvalue weighted by molar-refractivity contribution is 0.384. The summed E-state index contributed by atoms with van der Waals surface area (Å²) in [4.78, 5) is 0. The van der Waals surface area contributed by atoms with Crippen molar-refractivity contribution in [3.63, 3.8) is 0 Å². The first-order valence-corrected chi connectivity index (χ1v) is 5.07. The van der Waals surface area contributed by atoms with E-state index in [1.165, 1.54) is 6.07 Å².